The van der Waals surface area contributed by atoms with Gasteiger partial charge in [-0.05, 0) is 35.9 Å². The minimum atomic E-state index is -0.988. The number of nitrogens with one attached hydrogen (secondary N) is 1. The molecule has 3 aromatic rings. The fraction of sp³-hybridized carbons (Fsp3) is 0.0526. The number of imidazole rings is 1. The van der Waals surface area contributed by atoms with E-state index in [1.165, 1.54) is 0 Å². The van der Waals surface area contributed by atoms with Crippen molar-refractivity contribution in [2.24, 2.45) is 0 Å². The number of ether oxygens (including phenoxy) is 1. The van der Waals surface area contributed by atoms with E-state index in [4.69, 9.17) is 4.74 Å². The highest BCUT2D eigenvalue weighted by Crippen LogP contribution is 2.18. The number of aromatic amines is 1. The molecule has 120 valence electrons. The smallest absolute Gasteiger partial charge is 0.337 e. The Morgan fingerprint density at radius 2 is 2.00 bits per heavy atom. The van der Waals surface area contributed by atoms with Crippen LogP contribution in [0.1, 0.15) is 21.7 Å². The van der Waals surface area contributed by atoms with Crippen LogP contribution in [-0.4, -0.2) is 27.7 Å². The van der Waals surface area contributed by atoms with E-state index in [1.54, 1.807) is 24.3 Å². The summed E-state index contributed by atoms with van der Waals surface area (Å²) in [7, 11) is 0. The Morgan fingerprint density at radius 1 is 1.21 bits per heavy atom. The predicted molar refractivity (Wildman–Crippen MR) is 94.1 cm³/mol. The Bertz CT molecular complexity index is 908. The van der Waals surface area contributed by atoms with Crippen LogP contribution in [0.2, 0.25) is 0 Å². The fourth-order valence-electron chi connectivity index (χ4n) is 2.31. The zero-order valence-electron chi connectivity index (χ0n) is 12.9. The third kappa shape index (κ3) is 3.35. The molecule has 0 atom stereocenters. The maximum Gasteiger partial charge on any atom is 0.337 e. The number of para-hydroxylation sites is 1. The summed E-state index contributed by atoms with van der Waals surface area (Å²) in [5.74, 6) is 0.394. The van der Waals surface area contributed by atoms with Gasteiger partial charge >= 0.3 is 5.97 Å². The van der Waals surface area contributed by atoms with Gasteiger partial charge in [0.25, 0.3) is 0 Å². The van der Waals surface area contributed by atoms with Crippen LogP contribution < -0.4 is 4.74 Å². The van der Waals surface area contributed by atoms with Crippen LogP contribution in [0.4, 0.5) is 0 Å². The van der Waals surface area contributed by atoms with Gasteiger partial charge in [0, 0.05) is 0 Å². The Morgan fingerprint density at radius 3 is 2.71 bits per heavy atom. The first kappa shape index (κ1) is 15.6. The van der Waals surface area contributed by atoms with Gasteiger partial charge in [-0.1, -0.05) is 36.9 Å². The van der Waals surface area contributed by atoms with Gasteiger partial charge in [-0.25, -0.2) is 9.78 Å². The first-order valence-electron chi connectivity index (χ1n) is 7.41. The second-order valence-corrected chi connectivity index (χ2v) is 5.13. The molecule has 0 unspecified atom stereocenters. The lowest BCUT2D eigenvalue weighted by molar-refractivity contribution is 0.0699. The van der Waals surface area contributed by atoms with Crippen molar-refractivity contribution in [1.29, 1.82) is 0 Å². The first-order chi connectivity index (χ1) is 11.7. The average molecular weight is 320 g/mol. The van der Waals surface area contributed by atoms with Crippen molar-refractivity contribution in [2.75, 3.05) is 6.61 Å². The number of carboxylic acids is 1. The Hall–Kier alpha value is -3.34. The number of fused-ring (bicyclic) bond motifs is 1. The minimum absolute atomic E-state index is 0.187. The van der Waals surface area contributed by atoms with E-state index in [0.717, 1.165) is 11.3 Å². The van der Waals surface area contributed by atoms with Gasteiger partial charge in [0.15, 0.2) is 0 Å². The minimum Gasteiger partial charge on any atom is -0.490 e. The van der Waals surface area contributed by atoms with Crippen molar-refractivity contribution >= 4 is 29.2 Å². The molecule has 0 radical (unpaired) electrons. The molecular weight excluding hydrogens is 304 g/mol. The molecule has 0 saturated heterocycles. The Labute approximate surface area is 138 Å². The fourth-order valence-corrected chi connectivity index (χ4v) is 2.31. The predicted octanol–water partition coefficient (Wildman–Crippen LogP) is 4.00. The van der Waals surface area contributed by atoms with Crippen molar-refractivity contribution in [3.63, 3.8) is 0 Å². The van der Waals surface area contributed by atoms with E-state index in [9.17, 15) is 9.90 Å². The van der Waals surface area contributed by atoms with Crippen molar-refractivity contribution in [3.05, 3.63) is 72.1 Å². The van der Waals surface area contributed by atoms with Crippen LogP contribution in [0.25, 0.3) is 23.2 Å². The summed E-state index contributed by atoms with van der Waals surface area (Å²) >= 11 is 0. The average Bonchev–Trinajstić information content (AvgIpc) is 3.01. The summed E-state index contributed by atoms with van der Waals surface area (Å²) in [5.41, 5.74) is 2.33. The molecule has 0 saturated carbocycles. The Balaban J connectivity index is 1.81. The van der Waals surface area contributed by atoms with Gasteiger partial charge in [0.1, 0.15) is 23.7 Å². The van der Waals surface area contributed by atoms with Crippen molar-refractivity contribution in [1.82, 2.24) is 9.97 Å². The van der Waals surface area contributed by atoms with Gasteiger partial charge < -0.3 is 14.8 Å². The molecule has 1 heterocycles. The van der Waals surface area contributed by atoms with Gasteiger partial charge in [-0.15, -0.1) is 0 Å². The number of aromatic nitrogens is 2. The van der Waals surface area contributed by atoms with Crippen LogP contribution >= 0.6 is 0 Å². The Kier molecular flexibility index (Phi) is 4.43. The van der Waals surface area contributed by atoms with E-state index >= 15 is 0 Å². The number of rotatable bonds is 6. The highest BCUT2D eigenvalue weighted by Gasteiger charge is 2.11. The lowest BCUT2D eigenvalue weighted by Gasteiger charge is -2.02. The summed E-state index contributed by atoms with van der Waals surface area (Å²) in [6, 6.07) is 12.7. The van der Waals surface area contributed by atoms with Crippen LogP contribution in [0.5, 0.6) is 5.75 Å². The second kappa shape index (κ2) is 6.83. The third-order valence-electron chi connectivity index (χ3n) is 3.44. The lowest BCUT2D eigenvalue weighted by atomic mass is 10.2. The molecule has 0 spiro atoms. The largest absolute Gasteiger partial charge is 0.490 e. The molecule has 0 aliphatic rings. The van der Waals surface area contributed by atoms with E-state index in [2.05, 4.69) is 16.5 Å². The van der Waals surface area contributed by atoms with Crippen molar-refractivity contribution < 1.29 is 14.6 Å². The molecule has 2 N–H and O–H groups in total. The van der Waals surface area contributed by atoms with Crippen molar-refractivity contribution in [2.45, 2.75) is 0 Å². The van der Waals surface area contributed by atoms with E-state index in [1.807, 2.05) is 36.4 Å². The zero-order valence-corrected chi connectivity index (χ0v) is 12.9. The van der Waals surface area contributed by atoms with Gasteiger partial charge in [-0.2, -0.15) is 0 Å². The monoisotopic (exact) mass is 320 g/mol. The van der Waals surface area contributed by atoms with Gasteiger partial charge in [0.2, 0.25) is 0 Å². The highest BCUT2D eigenvalue weighted by molar-refractivity contribution is 6.01. The summed E-state index contributed by atoms with van der Waals surface area (Å²) in [6.45, 7) is 4.08. The molecule has 1 aromatic heterocycles. The molecule has 0 bridgehead atoms. The van der Waals surface area contributed by atoms with Crippen LogP contribution in [-0.2, 0) is 0 Å². The summed E-state index contributed by atoms with van der Waals surface area (Å²) in [5, 5.41) is 9.20. The number of hydrogen-bond donors (Lipinski definition) is 2. The molecule has 5 nitrogen and oxygen atoms in total. The molecule has 0 fully saturated rings. The number of carbonyl (C=O) groups is 1. The standard InChI is InChI=1S/C19H16N2O3/c1-2-12-24-14-9-6-13(7-10-14)8-11-17-20-16-5-3-4-15(19(22)23)18(16)21-17/h2-11H,1,12H2,(H,20,21)(H,22,23). The maximum atomic E-state index is 11.2. The number of nitrogens with zero attached hydrogens (tertiary/aromatic N) is 1. The van der Waals surface area contributed by atoms with Gasteiger partial charge in [0.05, 0.1) is 11.1 Å². The first-order valence-corrected chi connectivity index (χ1v) is 7.41. The summed E-state index contributed by atoms with van der Waals surface area (Å²) in [4.78, 5) is 18.7. The number of carboxylic acid groups (broad SMARTS) is 1. The second-order valence-electron chi connectivity index (χ2n) is 5.13. The van der Waals surface area contributed by atoms with E-state index < -0.39 is 5.97 Å². The normalized spacial score (nSPS) is 11.0. The molecule has 0 amide bonds. The quantitative estimate of drug-likeness (QED) is 0.673. The van der Waals surface area contributed by atoms with Crippen LogP contribution in [0.3, 0.4) is 0 Å². The SMILES string of the molecule is C=CCOc1ccc(C=Cc2nc3c(C(=O)O)cccc3[nH]2)cc1. The van der Waals surface area contributed by atoms with Crippen LogP contribution in [0, 0.1) is 0 Å². The number of benzene rings is 2. The summed E-state index contributed by atoms with van der Waals surface area (Å²) < 4.78 is 5.43. The number of hydrogen-bond acceptors (Lipinski definition) is 3. The van der Waals surface area contributed by atoms with E-state index in [-0.39, 0.29) is 5.56 Å². The lowest BCUT2D eigenvalue weighted by Crippen LogP contribution is -1.96. The molecule has 3 rings (SSSR count). The molecule has 5 heteroatoms. The van der Waals surface area contributed by atoms with Crippen molar-refractivity contribution in [3.8, 4) is 5.75 Å². The molecule has 24 heavy (non-hydrogen) atoms. The number of H-pyrrole nitrogens is 1. The van der Waals surface area contributed by atoms with Gasteiger partial charge in [-0.3, -0.25) is 0 Å². The van der Waals surface area contributed by atoms with Crippen LogP contribution in [0.15, 0.2) is 55.1 Å². The molecule has 0 aliphatic carbocycles. The third-order valence-corrected chi connectivity index (χ3v) is 3.44. The molecular formula is C19H16N2O3. The number of aromatic carboxylic acids is 1. The zero-order chi connectivity index (χ0) is 16.9. The molecule has 2 aromatic carbocycles. The highest BCUT2D eigenvalue weighted by atomic mass is 16.5. The topological polar surface area (TPSA) is 75.2 Å². The molecule has 0 aliphatic heterocycles. The summed E-state index contributed by atoms with van der Waals surface area (Å²) in [6.07, 6.45) is 5.40. The maximum absolute atomic E-state index is 11.2. The van der Waals surface area contributed by atoms with E-state index in [0.29, 0.717) is 23.5 Å².